The van der Waals surface area contributed by atoms with Crippen molar-refractivity contribution in [3.8, 4) is 0 Å². The molecular weight excluding hydrogens is 398 g/mol. The van der Waals surface area contributed by atoms with Gasteiger partial charge in [0.25, 0.3) is 0 Å². The zero-order chi connectivity index (χ0) is 22.6. The van der Waals surface area contributed by atoms with Crippen molar-refractivity contribution in [3.05, 3.63) is 59.7 Å². The fraction of sp³-hybridized carbons (Fsp3) is 0.360. The molecule has 0 aliphatic rings. The topological polar surface area (TPSA) is 115 Å². The van der Waals surface area contributed by atoms with Crippen molar-refractivity contribution < 1.29 is 0 Å². The van der Waals surface area contributed by atoms with Gasteiger partial charge in [0, 0.05) is 24.7 Å². The Morgan fingerprint density at radius 1 is 0.969 bits per heavy atom. The number of aryl methyl sites for hydroxylation is 1. The van der Waals surface area contributed by atoms with Crippen LogP contribution in [0.5, 0.6) is 0 Å². The summed E-state index contributed by atoms with van der Waals surface area (Å²) in [5.74, 6) is 1.74. The number of hydrogen-bond donors (Lipinski definition) is 3. The smallest absolute Gasteiger partial charge is 0.185 e. The van der Waals surface area contributed by atoms with Crippen molar-refractivity contribution in [3.63, 3.8) is 0 Å². The molecule has 1 aromatic carbocycles. The highest BCUT2D eigenvalue weighted by atomic mass is 15.0. The summed E-state index contributed by atoms with van der Waals surface area (Å²) in [5.41, 5.74) is 13.7. The quantitative estimate of drug-likeness (QED) is 0.220. The molecule has 0 aliphatic carbocycles. The molecule has 168 valence electrons. The summed E-state index contributed by atoms with van der Waals surface area (Å²) in [5, 5.41) is 4.59. The number of nitrogens with zero attached hydrogens (tertiary/aromatic N) is 4. The molecule has 3 aromatic rings. The molecule has 5 N–H and O–H groups in total. The molecule has 0 spiro atoms. The minimum Gasteiger partial charge on any atom is -0.370 e. The molecule has 0 fully saturated rings. The lowest BCUT2D eigenvalue weighted by Gasteiger charge is -2.10. The van der Waals surface area contributed by atoms with Crippen molar-refractivity contribution in [2.45, 2.75) is 45.4 Å². The van der Waals surface area contributed by atoms with E-state index in [9.17, 15) is 0 Å². The minimum absolute atomic E-state index is 0.180. The fourth-order valence-electron chi connectivity index (χ4n) is 3.46. The number of benzene rings is 1. The van der Waals surface area contributed by atoms with E-state index in [2.05, 4.69) is 40.4 Å². The summed E-state index contributed by atoms with van der Waals surface area (Å²) >= 11 is 0. The Balaban J connectivity index is 1.54. The maximum atomic E-state index is 5.34. The number of pyridine rings is 1. The van der Waals surface area contributed by atoms with Crippen molar-refractivity contribution in [2.24, 2.45) is 16.5 Å². The normalized spacial score (nSPS) is 11.2. The number of nitrogens with two attached hydrogens (primary N) is 2. The zero-order valence-corrected chi connectivity index (χ0v) is 18.8. The van der Waals surface area contributed by atoms with Gasteiger partial charge in [-0.15, -0.1) is 0 Å². The van der Waals surface area contributed by atoms with Gasteiger partial charge in [-0.1, -0.05) is 43.4 Å². The van der Waals surface area contributed by atoms with Gasteiger partial charge >= 0.3 is 0 Å². The Morgan fingerprint density at radius 3 is 2.56 bits per heavy atom. The van der Waals surface area contributed by atoms with E-state index in [1.165, 1.54) is 24.8 Å². The molecule has 0 atom stereocenters. The van der Waals surface area contributed by atoms with E-state index in [-0.39, 0.29) is 5.96 Å². The third kappa shape index (κ3) is 7.65. The van der Waals surface area contributed by atoms with Gasteiger partial charge in [0.2, 0.25) is 0 Å². The van der Waals surface area contributed by atoms with Gasteiger partial charge in [0.05, 0.1) is 11.2 Å². The Morgan fingerprint density at radius 2 is 1.78 bits per heavy atom. The molecular formula is C25H33N7. The third-order valence-corrected chi connectivity index (χ3v) is 5.13. The molecule has 0 bridgehead atoms. The summed E-state index contributed by atoms with van der Waals surface area (Å²) < 4.78 is 0. The summed E-state index contributed by atoms with van der Waals surface area (Å²) in [6, 6.07) is 12.1. The predicted octanol–water partition coefficient (Wildman–Crippen LogP) is 4.53. The highest BCUT2D eigenvalue weighted by Gasteiger charge is 2.07. The van der Waals surface area contributed by atoms with Crippen LogP contribution in [0, 0.1) is 6.92 Å². The van der Waals surface area contributed by atoms with Crippen molar-refractivity contribution in [2.75, 3.05) is 18.4 Å². The molecule has 2 heterocycles. The number of nitrogens with one attached hydrogen (secondary N) is 1. The van der Waals surface area contributed by atoms with Crippen LogP contribution in [0.1, 0.15) is 55.6 Å². The molecule has 0 saturated heterocycles. The maximum Gasteiger partial charge on any atom is 0.185 e. The molecule has 0 aliphatic heterocycles. The predicted molar refractivity (Wildman–Crippen MR) is 134 cm³/mol. The standard InChI is InChI=1S/C25H33N7/c1-19-11-13-22-21(18-19)24(29-16-7-4-2-3-5-8-17-30-25(26)27)32-23(31-22)14-12-20-10-6-9-15-28-20/h6,9-15,18H,2-5,7-8,16-17H2,1H3,(H4,26,27,30)(H,29,31,32). The molecule has 0 unspecified atom stereocenters. The number of anilines is 1. The zero-order valence-electron chi connectivity index (χ0n) is 18.8. The first-order valence-electron chi connectivity index (χ1n) is 11.3. The summed E-state index contributed by atoms with van der Waals surface area (Å²) in [7, 11) is 0. The number of hydrogen-bond acceptors (Lipinski definition) is 5. The molecule has 2 aromatic heterocycles. The van der Waals surface area contributed by atoms with Crippen LogP contribution in [0.25, 0.3) is 23.1 Å². The average Bonchev–Trinajstić information content (AvgIpc) is 2.79. The molecule has 32 heavy (non-hydrogen) atoms. The van der Waals surface area contributed by atoms with Crippen LogP contribution in [0.15, 0.2) is 47.6 Å². The van der Waals surface area contributed by atoms with Crippen LogP contribution in [0.3, 0.4) is 0 Å². The van der Waals surface area contributed by atoms with Gasteiger partial charge in [0.1, 0.15) is 5.82 Å². The Labute approximate surface area is 190 Å². The van der Waals surface area contributed by atoms with Gasteiger partial charge in [-0.25, -0.2) is 9.97 Å². The molecule has 3 rings (SSSR count). The summed E-state index contributed by atoms with van der Waals surface area (Å²) in [6.45, 7) is 3.70. The van der Waals surface area contributed by atoms with E-state index in [4.69, 9.17) is 21.4 Å². The second kappa shape index (κ2) is 12.4. The second-order valence-electron chi connectivity index (χ2n) is 7.89. The molecule has 7 heteroatoms. The Bertz CT molecular complexity index is 1040. The largest absolute Gasteiger partial charge is 0.370 e. The van der Waals surface area contributed by atoms with Crippen LogP contribution >= 0.6 is 0 Å². The first-order chi connectivity index (χ1) is 15.6. The number of guanidine groups is 1. The molecule has 0 saturated carbocycles. The Kier molecular flexibility index (Phi) is 8.98. The highest BCUT2D eigenvalue weighted by molar-refractivity contribution is 5.90. The van der Waals surface area contributed by atoms with E-state index in [1.807, 2.05) is 30.4 Å². The van der Waals surface area contributed by atoms with Crippen LogP contribution in [0.4, 0.5) is 5.82 Å². The van der Waals surface area contributed by atoms with Crippen molar-refractivity contribution in [1.82, 2.24) is 15.0 Å². The summed E-state index contributed by atoms with van der Waals surface area (Å²) in [4.78, 5) is 17.8. The number of unbranched alkanes of at least 4 members (excludes halogenated alkanes) is 5. The van der Waals surface area contributed by atoms with E-state index in [1.54, 1.807) is 6.20 Å². The van der Waals surface area contributed by atoms with Crippen molar-refractivity contribution in [1.29, 1.82) is 0 Å². The maximum absolute atomic E-state index is 5.34. The average molecular weight is 432 g/mol. The van der Waals surface area contributed by atoms with E-state index in [0.717, 1.165) is 54.8 Å². The minimum atomic E-state index is 0.180. The van der Waals surface area contributed by atoms with Gasteiger partial charge in [0.15, 0.2) is 11.8 Å². The monoisotopic (exact) mass is 431 g/mol. The van der Waals surface area contributed by atoms with E-state index < -0.39 is 0 Å². The lowest BCUT2D eigenvalue weighted by atomic mass is 10.1. The molecule has 7 nitrogen and oxygen atoms in total. The first kappa shape index (κ1) is 23.2. The number of aromatic nitrogens is 3. The van der Waals surface area contributed by atoms with Gasteiger partial charge < -0.3 is 16.8 Å². The van der Waals surface area contributed by atoms with E-state index >= 15 is 0 Å². The Hall–Kier alpha value is -3.48. The number of aliphatic imine (C=N–C) groups is 1. The third-order valence-electron chi connectivity index (χ3n) is 5.13. The van der Waals surface area contributed by atoms with Crippen LogP contribution in [-0.2, 0) is 0 Å². The fourth-order valence-corrected chi connectivity index (χ4v) is 3.46. The highest BCUT2D eigenvalue weighted by Crippen LogP contribution is 2.22. The van der Waals surface area contributed by atoms with Crippen molar-refractivity contribution >= 4 is 34.8 Å². The number of fused-ring (bicyclic) bond motifs is 1. The SMILES string of the molecule is Cc1ccc2nc(C=Cc3ccccn3)nc(NCCCCCCCCN=C(N)N)c2c1. The van der Waals surface area contributed by atoms with Gasteiger partial charge in [-0.2, -0.15) is 0 Å². The van der Waals surface area contributed by atoms with Gasteiger partial charge in [-0.3, -0.25) is 9.98 Å². The van der Waals surface area contributed by atoms with Crippen LogP contribution in [-0.4, -0.2) is 34.0 Å². The summed E-state index contributed by atoms with van der Waals surface area (Å²) in [6.07, 6.45) is 12.5. The molecule has 0 radical (unpaired) electrons. The van der Waals surface area contributed by atoms with Crippen LogP contribution in [0.2, 0.25) is 0 Å². The van der Waals surface area contributed by atoms with Crippen LogP contribution < -0.4 is 16.8 Å². The lowest BCUT2D eigenvalue weighted by Crippen LogP contribution is -2.22. The molecule has 0 amide bonds. The first-order valence-corrected chi connectivity index (χ1v) is 11.3. The lowest BCUT2D eigenvalue weighted by molar-refractivity contribution is 0.605. The van der Waals surface area contributed by atoms with E-state index in [0.29, 0.717) is 5.82 Å². The number of rotatable bonds is 12. The van der Waals surface area contributed by atoms with Gasteiger partial charge in [-0.05, 0) is 56.2 Å². The second-order valence-corrected chi connectivity index (χ2v) is 7.89.